The lowest BCUT2D eigenvalue weighted by molar-refractivity contribution is -0.152. The van der Waals surface area contributed by atoms with Crippen molar-refractivity contribution >= 4 is 28.6 Å². The van der Waals surface area contributed by atoms with Crippen LogP contribution in [0, 0.1) is 0 Å². The van der Waals surface area contributed by atoms with E-state index < -0.39 is 11.6 Å². The van der Waals surface area contributed by atoms with E-state index in [4.69, 9.17) is 21.3 Å². The lowest BCUT2D eigenvalue weighted by Gasteiger charge is -2.31. The molecular weight excluding hydrogens is 524 g/mol. The number of unbranched alkanes of at least 4 members (excludes halogenated alkanes) is 1. The molecule has 1 aromatic heterocycles. The maximum Gasteiger partial charge on any atom is 0.357 e. The van der Waals surface area contributed by atoms with Crippen LogP contribution in [0.3, 0.4) is 0 Å². The number of aliphatic hydroxyl groups excluding tert-OH is 1. The highest BCUT2D eigenvalue weighted by Crippen LogP contribution is 2.36. The molecule has 7 heteroatoms. The van der Waals surface area contributed by atoms with Crippen molar-refractivity contribution in [3.63, 3.8) is 0 Å². The minimum Gasteiger partial charge on any atom is -0.478 e. The summed E-state index contributed by atoms with van der Waals surface area (Å²) in [6.45, 7) is 2.52. The third-order valence-corrected chi connectivity index (χ3v) is 7.51. The van der Waals surface area contributed by atoms with E-state index in [2.05, 4.69) is 11.5 Å². The Morgan fingerprint density at radius 2 is 1.55 bits per heavy atom. The lowest BCUT2D eigenvalue weighted by atomic mass is 9.86. The molecule has 0 saturated heterocycles. The molecule has 0 amide bonds. The maximum atomic E-state index is 12.9. The summed E-state index contributed by atoms with van der Waals surface area (Å²) in [5.74, 6) is 0.278. The monoisotopic (exact) mass is 554 g/mol. The van der Waals surface area contributed by atoms with Crippen LogP contribution < -0.4 is 4.74 Å². The van der Waals surface area contributed by atoms with Gasteiger partial charge in [-0.2, -0.15) is 0 Å². The summed E-state index contributed by atoms with van der Waals surface area (Å²) in [6, 6.07) is 29.2. The fourth-order valence-electron chi connectivity index (χ4n) is 5.07. The van der Waals surface area contributed by atoms with Crippen molar-refractivity contribution in [1.82, 2.24) is 9.55 Å². The van der Waals surface area contributed by atoms with Crippen LogP contribution in [0.5, 0.6) is 5.75 Å². The van der Waals surface area contributed by atoms with Gasteiger partial charge in [0.15, 0.2) is 0 Å². The number of carbonyl (C=O) groups is 1. The molecule has 5 aromatic rings. The molecule has 2 N–H and O–H groups in total. The van der Waals surface area contributed by atoms with Gasteiger partial charge in [0, 0.05) is 34.7 Å². The predicted molar refractivity (Wildman–Crippen MR) is 157 cm³/mol. The fraction of sp³-hybridized carbons (Fsp3) is 0.212. The average molecular weight is 555 g/mol. The van der Waals surface area contributed by atoms with Crippen LogP contribution in [-0.4, -0.2) is 25.7 Å². The summed E-state index contributed by atoms with van der Waals surface area (Å²) in [5, 5.41) is 20.9. The number of nitrogens with zero attached hydrogens (tertiary/aromatic N) is 2. The molecule has 4 aromatic carbocycles. The molecule has 0 fully saturated rings. The summed E-state index contributed by atoms with van der Waals surface area (Å²) >= 11 is 6.35. The maximum absolute atomic E-state index is 12.9. The molecule has 0 aliphatic carbocycles. The summed E-state index contributed by atoms with van der Waals surface area (Å²) in [6.07, 6.45) is 2.84. The Hall–Kier alpha value is -4.13. The van der Waals surface area contributed by atoms with Crippen molar-refractivity contribution in [2.75, 3.05) is 0 Å². The van der Waals surface area contributed by atoms with Crippen LogP contribution in [-0.2, 0) is 30.0 Å². The number of hydrogen-bond donors (Lipinski definition) is 2. The molecule has 0 unspecified atom stereocenters. The molecule has 0 bridgehead atoms. The average Bonchev–Trinajstić information content (AvgIpc) is 3.33. The number of aryl methyl sites for hydroxylation is 1. The van der Waals surface area contributed by atoms with Crippen molar-refractivity contribution in [2.24, 2.45) is 0 Å². The van der Waals surface area contributed by atoms with E-state index in [0.29, 0.717) is 34.0 Å². The Morgan fingerprint density at radius 1 is 0.925 bits per heavy atom. The number of imidazole rings is 1. The molecule has 0 saturated carbocycles. The first-order valence-corrected chi connectivity index (χ1v) is 13.8. The van der Waals surface area contributed by atoms with Crippen LogP contribution in [0.4, 0.5) is 0 Å². The third-order valence-electron chi connectivity index (χ3n) is 7.16. The standard InChI is InChI=1S/C33H31ClN2O4/c1-2-3-14-30-35-31-27(22-37)28(34)19-20-29(31)36(30)21-23-15-17-26(18-16-23)40-33(32(38)39,24-10-6-4-7-11-24)25-12-8-5-9-13-25/h4-13,15-20,37H,2-3,14,21-22H2,1H3,(H,38,39). The van der Waals surface area contributed by atoms with Gasteiger partial charge in [0.05, 0.1) is 17.6 Å². The summed E-state index contributed by atoms with van der Waals surface area (Å²) in [7, 11) is 0. The van der Waals surface area contributed by atoms with E-state index in [1.165, 1.54) is 0 Å². The molecule has 0 spiro atoms. The van der Waals surface area contributed by atoms with E-state index >= 15 is 0 Å². The van der Waals surface area contributed by atoms with Crippen molar-refractivity contribution in [1.29, 1.82) is 0 Å². The number of rotatable bonds is 11. The number of hydrogen-bond acceptors (Lipinski definition) is 4. The second-order valence-corrected chi connectivity index (χ2v) is 10.1. The highest BCUT2D eigenvalue weighted by molar-refractivity contribution is 6.32. The van der Waals surface area contributed by atoms with E-state index in [-0.39, 0.29) is 6.61 Å². The smallest absolute Gasteiger partial charge is 0.357 e. The zero-order valence-corrected chi connectivity index (χ0v) is 23.0. The molecule has 1 heterocycles. The highest BCUT2D eigenvalue weighted by Gasteiger charge is 2.45. The summed E-state index contributed by atoms with van der Waals surface area (Å²) in [5.41, 5.74) is 2.62. The van der Waals surface area contributed by atoms with Gasteiger partial charge in [0.1, 0.15) is 11.6 Å². The number of halogens is 1. The van der Waals surface area contributed by atoms with Crippen LogP contribution >= 0.6 is 11.6 Å². The second kappa shape index (κ2) is 11.9. The minimum absolute atomic E-state index is 0.180. The Morgan fingerprint density at radius 3 is 2.10 bits per heavy atom. The van der Waals surface area contributed by atoms with E-state index in [0.717, 1.165) is 41.7 Å². The molecule has 0 atom stereocenters. The van der Waals surface area contributed by atoms with Gasteiger partial charge in [-0.25, -0.2) is 9.78 Å². The van der Waals surface area contributed by atoms with Crippen molar-refractivity contribution in [3.05, 3.63) is 130 Å². The number of ether oxygens (including phenoxy) is 1. The number of aliphatic hydroxyl groups is 1. The zero-order chi connectivity index (χ0) is 28.1. The SMILES string of the molecule is CCCCc1nc2c(CO)c(Cl)ccc2n1Cc1ccc(OC(C(=O)O)(c2ccccc2)c2ccccc2)cc1. The van der Waals surface area contributed by atoms with Gasteiger partial charge in [-0.05, 0) is 36.2 Å². The lowest BCUT2D eigenvalue weighted by Crippen LogP contribution is -2.42. The summed E-state index contributed by atoms with van der Waals surface area (Å²) < 4.78 is 8.51. The van der Waals surface area contributed by atoms with Gasteiger partial charge in [0.25, 0.3) is 5.60 Å². The fourth-order valence-corrected chi connectivity index (χ4v) is 5.28. The van der Waals surface area contributed by atoms with Crippen LogP contribution in [0.2, 0.25) is 5.02 Å². The number of benzene rings is 4. The number of aromatic nitrogens is 2. The van der Waals surface area contributed by atoms with Crippen LogP contribution in [0.1, 0.15) is 47.8 Å². The Labute approximate surface area is 238 Å². The van der Waals surface area contributed by atoms with Gasteiger partial charge in [-0.3, -0.25) is 0 Å². The van der Waals surface area contributed by atoms with Crippen LogP contribution in [0.25, 0.3) is 11.0 Å². The number of aliphatic carboxylic acids is 1. The molecule has 0 aliphatic heterocycles. The normalized spacial score (nSPS) is 11.6. The van der Waals surface area contributed by atoms with Crippen molar-refractivity contribution < 1.29 is 19.7 Å². The number of carboxylic acid groups (broad SMARTS) is 1. The predicted octanol–water partition coefficient (Wildman–Crippen LogP) is 6.98. The van der Waals surface area contributed by atoms with Crippen LogP contribution in [0.15, 0.2) is 97.1 Å². The van der Waals surface area contributed by atoms with E-state index in [1.54, 1.807) is 42.5 Å². The number of carboxylic acids is 1. The molecule has 0 aliphatic rings. The van der Waals surface area contributed by atoms with Gasteiger partial charge in [-0.1, -0.05) is 97.7 Å². The Kier molecular flexibility index (Phi) is 8.19. The first kappa shape index (κ1) is 27.4. The summed E-state index contributed by atoms with van der Waals surface area (Å²) in [4.78, 5) is 17.7. The Balaban J connectivity index is 1.50. The van der Waals surface area contributed by atoms with E-state index in [9.17, 15) is 15.0 Å². The minimum atomic E-state index is -1.71. The highest BCUT2D eigenvalue weighted by atomic mass is 35.5. The zero-order valence-electron chi connectivity index (χ0n) is 22.3. The van der Waals surface area contributed by atoms with Gasteiger partial charge >= 0.3 is 5.97 Å². The van der Waals surface area contributed by atoms with Gasteiger partial charge in [-0.15, -0.1) is 0 Å². The molecule has 0 radical (unpaired) electrons. The van der Waals surface area contributed by atoms with Crippen molar-refractivity contribution in [3.8, 4) is 5.75 Å². The molecule has 204 valence electrons. The quantitative estimate of drug-likeness (QED) is 0.184. The third kappa shape index (κ3) is 5.20. The molecule has 6 nitrogen and oxygen atoms in total. The molecular formula is C33H31ClN2O4. The van der Waals surface area contributed by atoms with Gasteiger partial charge < -0.3 is 19.5 Å². The van der Waals surface area contributed by atoms with E-state index in [1.807, 2.05) is 54.6 Å². The largest absolute Gasteiger partial charge is 0.478 e. The van der Waals surface area contributed by atoms with Crippen molar-refractivity contribution in [2.45, 2.75) is 44.9 Å². The first-order valence-electron chi connectivity index (χ1n) is 13.4. The molecule has 5 rings (SSSR count). The first-order chi connectivity index (χ1) is 19.5. The topological polar surface area (TPSA) is 84.6 Å². The molecule has 40 heavy (non-hydrogen) atoms. The van der Waals surface area contributed by atoms with Gasteiger partial charge in [0.2, 0.25) is 0 Å². The number of fused-ring (bicyclic) bond motifs is 1. The second-order valence-electron chi connectivity index (χ2n) is 9.73. The Bertz CT molecular complexity index is 1560.